The summed E-state index contributed by atoms with van der Waals surface area (Å²) in [6.45, 7) is 6.92. The number of carbonyl (C=O) groups is 1. The summed E-state index contributed by atoms with van der Waals surface area (Å²) >= 11 is 1.35. The van der Waals surface area contributed by atoms with E-state index in [0.717, 1.165) is 0 Å². The molecule has 0 saturated heterocycles. The van der Waals surface area contributed by atoms with Crippen LogP contribution in [-0.4, -0.2) is 27.5 Å². The molecule has 1 atom stereocenters. The van der Waals surface area contributed by atoms with Crippen molar-refractivity contribution in [3.05, 3.63) is 0 Å². The molecule has 0 aliphatic heterocycles. The Hall–Kier alpha value is -0.320. The topological polar surface area (TPSA) is 37.3 Å². The van der Waals surface area contributed by atoms with E-state index in [1.807, 2.05) is 13.8 Å². The Morgan fingerprint density at radius 2 is 1.89 bits per heavy atom. The number of aliphatic carboxylic acids is 1. The van der Waals surface area contributed by atoms with Gasteiger partial charge in [0.2, 0.25) is 5.92 Å². The fourth-order valence-corrected chi connectivity index (χ4v) is 2.65. The van der Waals surface area contributed by atoms with Gasteiger partial charge < -0.3 is 5.11 Å². The molecular formula is C13H24F2O2S. The normalized spacial score (nSPS) is 15.7. The molecule has 0 heterocycles. The maximum atomic E-state index is 13.0. The first-order valence-electron chi connectivity index (χ1n) is 6.41. The molecule has 1 unspecified atom stereocenters. The van der Waals surface area contributed by atoms with Crippen molar-refractivity contribution in [3.63, 3.8) is 0 Å². The van der Waals surface area contributed by atoms with Crippen LogP contribution < -0.4 is 0 Å². The van der Waals surface area contributed by atoms with E-state index in [1.54, 1.807) is 6.92 Å². The highest BCUT2D eigenvalue weighted by molar-refractivity contribution is 8.01. The second-order valence-electron chi connectivity index (χ2n) is 5.08. The summed E-state index contributed by atoms with van der Waals surface area (Å²) in [6, 6.07) is 0. The molecule has 18 heavy (non-hydrogen) atoms. The van der Waals surface area contributed by atoms with Gasteiger partial charge in [0, 0.05) is 12.8 Å². The van der Waals surface area contributed by atoms with Gasteiger partial charge in [-0.15, -0.1) is 11.8 Å². The van der Waals surface area contributed by atoms with Crippen molar-refractivity contribution in [1.82, 2.24) is 0 Å². The van der Waals surface area contributed by atoms with Gasteiger partial charge in [0.25, 0.3) is 0 Å². The van der Waals surface area contributed by atoms with E-state index in [0.29, 0.717) is 18.6 Å². The van der Waals surface area contributed by atoms with E-state index >= 15 is 0 Å². The Morgan fingerprint density at radius 3 is 2.28 bits per heavy atom. The Balaban J connectivity index is 4.00. The van der Waals surface area contributed by atoms with Crippen molar-refractivity contribution < 1.29 is 18.7 Å². The van der Waals surface area contributed by atoms with Crippen molar-refractivity contribution in [2.45, 2.75) is 64.0 Å². The average Bonchev–Trinajstić information content (AvgIpc) is 2.27. The largest absolute Gasteiger partial charge is 0.480 e. The minimum absolute atomic E-state index is 0.0112. The number of unbranched alkanes of at least 4 members (excludes halogenated alkanes) is 1. The Morgan fingerprint density at radius 1 is 1.33 bits per heavy atom. The van der Waals surface area contributed by atoms with E-state index in [9.17, 15) is 18.7 Å². The van der Waals surface area contributed by atoms with Crippen LogP contribution in [0, 0.1) is 5.92 Å². The van der Waals surface area contributed by atoms with Crippen LogP contribution in [0.25, 0.3) is 0 Å². The molecule has 0 saturated carbocycles. The summed E-state index contributed by atoms with van der Waals surface area (Å²) in [5.41, 5.74) is 0. The first kappa shape index (κ1) is 17.7. The number of hydrogen-bond donors (Lipinski definition) is 1. The lowest BCUT2D eigenvalue weighted by Crippen LogP contribution is -2.37. The number of hydrogen-bond acceptors (Lipinski definition) is 2. The first-order valence-corrected chi connectivity index (χ1v) is 7.39. The molecule has 1 N–H and O–H groups in total. The van der Waals surface area contributed by atoms with Gasteiger partial charge in [-0.3, -0.25) is 4.79 Å². The molecule has 0 aromatic heterocycles. The Labute approximate surface area is 113 Å². The molecular weight excluding hydrogens is 258 g/mol. The van der Waals surface area contributed by atoms with E-state index in [-0.39, 0.29) is 18.8 Å². The van der Waals surface area contributed by atoms with Gasteiger partial charge >= 0.3 is 5.97 Å². The smallest absolute Gasteiger partial charge is 0.319 e. The second-order valence-corrected chi connectivity index (χ2v) is 6.63. The van der Waals surface area contributed by atoms with Gasteiger partial charge in [0.05, 0.1) is 0 Å². The van der Waals surface area contributed by atoms with Crippen molar-refractivity contribution >= 4 is 17.7 Å². The lowest BCUT2D eigenvalue weighted by Gasteiger charge is -2.28. The zero-order valence-electron chi connectivity index (χ0n) is 11.6. The predicted molar refractivity (Wildman–Crippen MR) is 72.4 cm³/mol. The molecule has 0 spiro atoms. The highest BCUT2D eigenvalue weighted by Gasteiger charge is 2.36. The summed E-state index contributed by atoms with van der Waals surface area (Å²) in [6.07, 6.45) is 0.853. The van der Waals surface area contributed by atoms with Crippen LogP contribution in [0.5, 0.6) is 0 Å². The van der Waals surface area contributed by atoms with Gasteiger partial charge in [0.1, 0.15) is 4.75 Å². The maximum Gasteiger partial charge on any atom is 0.319 e. The van der Waals surface area contributed by atoms with Crippen molar-refractivity contribution in [1.29, 1.82) is 0 Å². The van der Waals surface area contributed by atoms with E-state index in [1.165, 1.54) is 18.7 Å². The van der Waals surface area contributed by atoms with Crippen LogP contribution in [0.1, 0.15) is 53.4 Å². The van der Waals surface area contributed by atoms with Gasteiger partial charge in [-0.05, 0) is 31.4 Å². The monoisotopic (exact) mass is 282 g/mol. The molecule has 0 fully saturated rings. The van der Waals surface area contributed by atoms with E-state index in [4.69, 9.17) is 0 Å². The van der Waals surface area contributed by atoms with Crippen LogP contribution in [0.3, 0.4) is 0 Å². The Bertz CT molecular complexity index is 270. The zero-order valence-corrected chi connectivity index (χ0v) is 12.4. The molecule has 2 nitrogen and oxygen atoms in total. The third kappa shape index (κ3) is 5.55. The average molecular weight is 282 g/mol. The molecule has 5 heteroatoms. The highest BCUT2D eigenvalue weighted by atomic mass is 32.2. The fourth-order valence-electron chi connectivity index (χ4n) is 1.42. The minimum atomic E-state index is -2.57. The lowest BCUT2D eigenvalue weighted by atomic mass is 9.97. The van der Waals surface area contributed by atoms with Crippen LogP contribution in [-0.2, 0) is 4.79 Å². The number of halogens is 2. The van der Waals surface area contributed by atoms with Gasteiger partial charge in [0.15, 0.2) is 0 Å². The van der Waals surface area contributed by atoms with Crippen LogP contribution >= 0.6 is 11.8 Å². The molecule has 0 radical (unpaired) electrons. The number of carboxylic acids is 1. The van der Waals surface area contributed by atoms with Crippen LogP contribution in [0.4, 0.5) is 8.78 Å². The van der Waals surface area contributed by atoms with Gasteiger partial charge in [-0.25, -0.2) is 8.78 Å². The fraction of sp³-hybridized carbons (Fsp3) is 0.923. The number of alkyl halides is 2. The summed E-state index contributed by atoms with van der Waals surface area (Å²) < 4.78 is 25.1. The zero-order chi connectivity index (χ0) is 14.4. The van der Waals surface area contributed by atoms with Crippen molar-refractivity contribution in [3.8, 4) is 0 Å². The van der Waals surface area contributed by atoms with Crippen LogP contribution in [0.2, 0.25) is 0 Å². The van der Waals surface area contributed by atoms with Gasteiger partial charge in [-0.1, -0.05) is 20.8 Å². The highest BCUT2D eigenvalue weighted by Crippen LogP contribution is 2.34. The molecule has 108 valence electrons. The molecule has 0 aromatic carbocycles. The number of rotatable bonds is 9. The predicted octanol–water partition coefficient (Wildman–Crippen LogP) is 4.43. The van der Waals surface area contributed by atoms with Gasteiger partial charge in [-0.2, -0.15) is 0 Å². The summed E-state index contributed by atoms with van der Waals surface area (Å²) in [5.74, 6) is -2.78. The lowest BCUT2D eigenvalue weighted by molar-refractivity contribution is -0.140. The summed E-state index contributed by atoms with van der Waals surface area (Å²) in [4.78, 5) is 11.2. The summed E-state index contributed by atoms with van der Waals surface area (Å²) in [7, 11) is 0. The van der Waals surface area contributed by atoms with E-state index in [2.05, 4.69) is 0 Å². The standard InChI is InChI=1S/C13H24F2O2S/c1-5-13(14,15)8-6-7-9-18-12(4,10(2)3)11(16)17/h10H,5-9H2,1-4H3,(H,16,17). The molecule has 0 rings (SSSR count). The Kier molecular flexibility index (Phi) is 7.18. The molecule has 0 bridgehead atoms. The quantitative estimate of drug-likeness (QED) is 0.635. The molecule has 0 aliphatic carbocycles. The van der Waals surface area contributed by atoms with Crippen molar-refractivity contribution in [2.75, 3.05) is 5.75 Å². The third-order valence-corrected chi connectivity index (χ3v) is 5.12. The maximum absolute atomic E-state index is 13.0. The third-order valence-electron chi connectivity index (χ3n) is 3.38. The SMILES string of the molecule is CCC(F)(F)CCCCSC(C)(C(=O)O)C(C)C. The molecule has 0 aromatic rings. The molecule has 0 aliphatic rings. The molecule has 0 amide bonds. The first-order chi connectivity index (χ1) is 8.15. The number of carboxylic acid groups (broad SMARTS) is 1. The number of thioether (sulfide) groups is 1. The minimum Gasteiger partial charge on any atom is -0.480 e. The van der Waals surface area contributed by atoms with Crippen LogP contribution in [0.15, 0.2) is 0 Å². The van der Waals surface area contributed by atoms with Crippen molar-refractivity contribution in [2.24, 2.45) is 5.92 Å². The summed E-state index contributed by atoms with van der Waals surface area (Å²) in [5, 5.41) is 9.19. The second kappa shape index (κ2) is 7.31. The van der Waals surface area contributed by atoms with E-state index < -0.39 is 16.6 Å².